The third-order valence-electron chi connectivity index (χ3n) is 4.00. The zero-order valence-electron chi connectivity index (χ0n) is 10.3. The summed E-state index contributed by atoms with van der Waals surface area (Å²) >= 11 is 0. The van der Waals surface area contributed by atoms with Crippen molar-refractivity contribution in [2.75, 3.05) is 6.54 Å². The van der Waals surface area contributed by atoms with Crippen molar-refractivity contribution in [3.8, 4) is 0 Å². The van der Waals surface area contributed by atoms with E-state index in [0.29, 0.717) is 23.9 Å². The van der Waals surface area contributed by atoms with Crippen LogP contribution < -0.4 is 5.73 Å². The van der Waals surface area contributed by atoms with Crippen LogP contribution in [0.5, 0.6) is 0 Å². The molecule has 0 aromatic carbocycles. The monoisotopic (exact) mass is 224 g/mol. The van der Waals surface area contributed by atoms with Crippen molar-refractivity contribution in [3.05, 3.63) is 0 Å². The summed E-state index contributed by atoms with van der Waals surface area (Å²) in [6, 6.07) is 0.838. The van der Waals surface area contributed by atoms with E-state index in [1.165, 1.54) is 12.8 Å². The molecule has 2 rings (SSSR count). The molecule has 0 aromatic heterocycles. The molecular formula is C13H24N2O. The number of hydrogen-bond acceptors (Lipinski definition) is 2. The second-order valence-corrected chi connectivity index (χ2v) is 5.40. The standard InChI is InChI=1S/C13H24N2O/c1-2-15(13(16)9-10-3-4-10)12-7-5-11(14)6-8-12/h10-12H,2-9,14H2,1H3. The fraction of sp³-hybridized carbons (Fsp3) is 0.923. The third-order valence-corrected chi connectivity index (χ3v) is 4.00. The van der Waals surface area contributed by atoms with Gasteiger partial charge in [0, 0.05) is 25.0 Å². The van der Waals surface area contributed by atoms with Gasteiger partial charge in [-0.15, -0.1) is 0 Å². The molecule has 2 aliphatic carbocycles. The highest BCUT2D eigenvalue weighted by Crippen LogP contribution is 2.33. The Hall–Kier alpha value is -0.570. The summed E-state index contributed by atoms with van der Waals surface area (Å²) in [7, 11) is 0. The zero-order valence-corrected chi connectivity index (χ0v) is 10.3. The number of nitrogens with zero attached hydrogens (tertiary/aromatic N) is 1. The maximum absolute atomic E-state index is 12.1. The Morgan fingerprint density at radius 1 is 1.19 bits per heavy atom. The van der Waals surface area contributed by atoms with Crippen LogP contribution in [-0.4, -0.2) is 29.4 Å². The van der Waals surface area contributed by atoms with E-state index in [1.54, 1.807) is 0 Å². The highest BCUT2D eigenvalue weighted by Gasteiger charge is 2.30. The van der Waals surface area contributed by atoms with Crippen LogP contribution in [-0.2, 0) is 4.79 Å². The number of carbonyl (C=O) groups is 1. The van der Waals surface area contributed by atoms with Crippen LogP contribution in [0.25, 0.3) is 0 Å². The topological polar surface area (TPSA) is 46.3 Å². The van der Waals surface area contributed by atoms with Gasteiger partial charge in [-0.25, -0.2) is 0 Å². The van der Waals surface area contributed by atoms with Gasteiger partial charge in [0.2, 0.25) is 5.91 Å². The van der Waals surface area contributed by atoms with Gasteiger partial charge in [-0.05, 0) is 51.4 Å². The average Bonchev–Trinajstić information content (AvgIpc) is 3.06. The third kappa shape index (κ3) is 2.97. The normalized spacial score (nSPS) is 30.1. The molecule has 0 atom stereocenters. The predicted molar refractivity (Wildman–Crippen MR) is 65.0 cm³/mol. The molecule has 0 spiro atoms. The summed E-state index contributed by atoms with van der Waals surface area (Å²) in [6.45, 7) is 2.96. The summed E-state index contributed by atoms with van der Waals surface area (Å²) in [5.74, 6) is 1.08. The summed E-state index contributed by atoms with van der Waals surface area (Å²) in [5, 5.41) is 0. The zero-order chi connectivity index (χ0) is 11.5. The van der Waals surface area contributed by atoms with Crippen molar-refractivity contribution < 1.29 is 4.79 Å². The van der Waals surface area contributed by atoms with E-state index in [9.17, 15) is 4.79 Å². The Balaban J connectivity index is 1.85. The van der Waals surface area contributed by atoms with Crippen LogP contribution in [0.15, 0.2) is 0 Å². The molecule has 2 saturated carbocycles. The van der Waals surface area contributed by atoms with E-state index in [2.05, 4.69) is 11.8 Å². The molecule has 3 nitrogen and oxygen atoms in total. The molecule has 92 valence electrons. The van der Waals surface area contributed by atoms with E-state index in [-0.39, 0.29) is 0 Å². The summed E-state index contributed by atoms with van der Waals surface area (Å²) in [6.07, 6.45) is 7.68. The first-order valence-corrected chi connectivity index (χ1v) is 6.75. The number of hydrogen-bond donors (Lipinski definition) is 1. The minimum absolute atomic E-state index is 0.369. The van der Waals surface area contributed by atoms with Crippen LogP contribution in [0.4, 0.5) is 0 Å². The van der Waals surface area contributed by atoms with Crippen LogP contribution in [0.2, 0.25) is 0 Å². The highest BCUT2D eigenvalue weighted by atomic mass is 16.2. The van der Waals surface area contributed by atoms with Gasteiger partial charge >= 0.3 is 0 Å². The minimum atomic E-state index is 0.369. The molecule has 0 bridgehead atoms. The molecule has 2 fully saturated rings. The fourth-order valence-electron chi connectivity index (χ4n) is 2.74. The molecule has 0 unspecified atom stereocenters. The first kappa shape index (κ1) is 11.9. The Morgan fingerprint density at radius 3 is 2.31 bits per heavy atom. The lowest BCUT2D eigenvalue weighted by Crippen LogP contribution is -2.44. The fourth-order valence-corrected chi connectivity index (χ4v) is 2.74. The molecule has 2 N–H and O–H groups in total. The van der Waals surface area contributed by atoms with E-state index >= 15 is 0 Å². The quantitative estimate of drug-likeness (QED) is 0.793. The molecule has 1 amide bonds. The number of nitrogens with two attached hydrogens (primary N) is 1. The SMILES string of the molecule is CCN(C(=O)CC1CC1)C1CCC(N)CC1. The van der Waals surface area contributed by atoms with Gasteiger partial charge in [0.05, 0.1) is 0 Å². The molecule has 3 heteroatoms. The van der Waals surface area contributed by atoms with E-state index in [0.717, 1.165) is 38.6 Å². The molecule has 0 saturated heterocycles. The summed E-state index contributed by atoms with van der Waals surface area (Å²) < 4.78 is 0. The lowest BCUT2D eigenvalue weighted by atomic mass is 9.90. The van der Waals surface area contributed by atoms with Crippen LogP contribution in [0.1, 0.15) is 51.9 Å². The first-order chi connectivity index (χ1) is 7.70. The minimum Gasteiger partial charge on any atom is -0.340 e. The lowest BCUT2D eigenvalue weighted by molar-refractivity contribution is -0.134. The van der Waals surface area contributed by atoms with Gasteiger partial charge in [0.15, 0.2) is 0 Å². The molecule has 0 aliphatic heterocycles. The average molecular weight is 224 g/mol. The van der Waals surface area contributed by atoms with E-state index in [1.807, 2.05) is 0 Å². The van der Waals surface area contributed by atoms with Crippen LogP contribution >= 0.6 is 0 Å². The van der Waals surface area contributed by atoms with Gasteiger partial charge in [0.1, 0.15) is 0 Å². The Labute approximate surface area is 98.4 Å². The van der Waals surface area contributed by atoms with Crippen molar-refractivity contribution in [1.29, 1.82) is 0 Å². The van der Waals surface area contributed by atoms with E-state index < -0.39 is 0 Å². The molecule has 16 heavy (non-hydrogen) atoms. The maximum atomic E-state index is 12.1. The molecule has 0 heterocycles. The first-order valence-electron chi connectivity index (χ1n) is 6.75. The van der Waals surface area contributed by atoms with Crippen molar-refractivity contribution in [2.24, 2.45) is 11.7 Å². The highest BCUT2D eigenvalue weighted by molar-refractivity contribution is 5.77. The van der Waals surface area contributed by atoms with E-state index in [4.69, 9.17) is 5.73 Å². The maximum Gasteiger partial charge on any atom is 0.223 e. The number of amides is 1. The number of carbonyl (C=O) groups excluding carboxylic acids is 1. The van der Waals surface area contributed by atoms with Gasteiger partial charge in [-0.3, -0.25) is 4.79 Å². The van der Waals surface area contributed by atoms with Crippen LogP contribution in [0, 0.1) is 5.92 Å². The van der Waals surface area contributed by atoms with Crippen molar-refractivity contribution in [2.45, 2.75) is 64.0 Å². The smallest absolute Gasteiger partial charge is 0.223 e. The van der Waals surface area contributed by atoms with Crippen LogP contribution in [0.3, 0.4) is 0 Å². The molecule has 0 radical (unpaired) electrons. The Bertz CT molecular complexity index is 242. The van der Waals surface area contributed by atoms with Crippen molar-refractivity contribution in [1.82, 2.24) is 4.90 Å². The predicted octanol–water partition coefficient (Wildman–Crippen LogP) is 1.90. The lowest BCUT2D eigenvalue weighted by Gasteiger charge is -2.35. The molecular weight excluding hydrogens is 200 g/mol. The van der Waals surface area contributed by atoms with Gasteiger partial charge in [0.25, 0.3) is 0 Å². The Morgan fingerprint density at radius 2 is 1.81 bits per heavy atom. The summed E-state index contributed by atoms with van der Waals surface area (Å²) in [4.78, 5) is 14.2. The Kier molecular flexibility index (Phi) is 3.85. The van der Waals surface area contributed by atoms with Crippen molar-refractivity contribution in [3.63, 3.8) is 0 Å². The molecule has 2 aliphatic rings. The second kappa shape index (κ2) is 5.17. The van der Waals surface area contributed by atoms with Gasteiger partial charge < -0.3 is 10.6 Å². The van der Waals surface area contributed by atoms with Gasteiger partial charge in [-0.1, -0.05) is 0 Å². The summed E-state index contributed by atoms with van der Waals surface area (Å²) in [5.41, 5.74) is 5.90. The number of rotatable bonds is 4. The largest absolute Gasteiger partial charge is 0.340 e. The van der Waals surface area contributed by atoms with Gasteiger partial charge in [-0.2, -0.15) is 0 Å². The van der Waals surface area contributed by atoms with Crippen molar-refractivity contribution >= 4 is 5.91 Å². The second-order valence-electron chi connectivity index (χ2n) is 5.40. The molecule has 0 aromatic rings.